The lowest BCUT2D eigenvalue weighted by atomic mass is 10.0. The number of nitrogens with zero attached hydrogens (tertiary/aromatic N) is 3. The third-order valence-corrected chi connectivity index (χ3v) is 4.08. The Balaban J connectivity index is 1.91. The number of rotatable bonds is 4. The van der Waals surface area contributed by atoms with E-state index in [1.165, 1.54) is 4.68 Å². The summed E-state index contributed by atoms with van der Waals surface area (Å²) >= 11 is 0. The zero-order chi connectivity index (χ0) is 17.1. The lowest BCUT2D eigenvalue weighted by Crippen LogP contribution is -2.39. The Hall–Kier alpha value is -2.81. The maximum absolute atomic E-state index is 12.5. The maximum Gasteiger partial charge on any atom is 0.285 e. The smallest absolute Gasteiger partial charge is 0.285 e. The fourth-order valence-electron chi connectivity index (χ4n) is 2.90. The van der Waals surface area contributed by atoms with Crippen molar-refractivity contribution in [2.75, 3.05) is 6.61 Å². The average Bonchev–Trinajstić information content (AvgIpc) is 2.62. The molecule has 1 atom stereocenters. The average molecular weight is 325 g/mol. The molecule has 2 aromatic rings. The molecule has 1 aliphatic heterocycles. The van der Waals surface area contributed by atoms with Crippen LogP contribution < -0.4 is 15.0 Å². The predicted octanol–water partition coefficient (Wildman–Crippen LogP) is 2.08. The van der Waals surface area contributed by atoms with Gasteiger partial charge >= 0.3 is 0 Å². The van der Waals surface area contributed by atoms with Crippen LogP contribution in [0.15, 0.2) is 29.1 Å². The van der Waals surface area contributed by atoms with Crippen molar-refractivity contribution < 1.29 is 9.47 Å². The minimum absolute atomic E-state index is 0.182. The van der Waals surface area contributed by atoms with Crippen molar-refractivity contribution in [3.63, 3.8) is 0 Å². The molecule has 0 N–H and O–H groups in total. The monoisotopic (exact) mass is 325 g/mol. The molecule has 124 valence electrons. The van der Waals surface area contributed by atoms with E-state index in [1.54, 1.807) is 0 Å². The second-order valence-electron chi connectivity index (χ2n) is 5.60. The van der Waals surface area contributed by atoms with Gasteiger partial charge in [0, 0.05) is 0 Å². The molecule has 0 saturated heterocycles. The van der Waals surface area contributed by atoms with Gasteiger partial charge in [0.2, 0.25) is 0 Å². The number of hydrogen-bond donors (Lipinski definition) is 0. The highest BCUT2D eigenvalue weighted by Crippen LogP contribution is 2.31. The van der Waals surface area contributed by atoms with E-state index in [1.807, 2.05) is 44.2 Å². The Morgan fingerprint density at radius 3 is 2.71 bits per heavy atom. The van der Waals surface area contributed by atoms with Crippen LogP contribution in [0.5, 0.6) is 11.5 Å². The molecular weight excluding hydrogens is 306 g/mol. The van der Waals surface area contributed by atoms with Gasteiger partial charge in [-0.05, 0) is 30.5 Å². The van der Waals surface area contributed by atoms with Crippen molar-refractivity contribution >= 4 is 0 Å². The highest BCUT2D eigenvalue weighted by molar-refractivity contribution is 5.41. The van der Waals surface area contributed by atoms with Crippen LogP contribution in [0.3, 0.4) is 0 Å². The van der Waals surface area contributed by atoms with Gasteiger partial charge in [-0.2, -0.15) is 10.4 Å². The van der Waals surface area contributed by atoms with E-state index < -0.39 is 0 Å². The summed E-state index contributed by atoms with van der Waals surface area (Å²) in [5.74, 6) is 1.35. The molecule has 3 rings (SSSR count). The summed E-state index contributed by atoms with van der Waals surface area (Å²) in [5.41, 5.74) is 1.34. The van der Waals surface area contributed by atoms with E-state index in [4.69, 9.17) is 9.47 Å². The first kappa shape index (κ1) is 16.1. The number of benzene rings is 1. The van der Waals surface area contributed by atoms with Crippen LogP contribution in [0.2, 0.25) is 0 Å². The second-order valence-corrected chi connectivity index (χ2v) is 5.60. The molecule has 1 unspecified atom stereocenters. The highest BCUT2D eigenvalue weighted by atomic mass is 16.6. The third kappa shape index (κ3) is 2.85. The first-order chi connectivity index (χ1) is 11.7. The lowest BCUT2D eigenvalue weighted by molar-refractivity contribution is 0.0745. The molecule has 0 saturated carbocycles. The molecule has 0 amide bonds. The molecule has 2 heterocycles. The number of para-hydroxylation sites is 2. The Kier molecular flexibility index (Phi) is 4.52. The van der Waals surface area contributed by atoms with Crippen molar-refractivity contribution in [2.24, 2.45) is 0 Å². The number of aryl methyl sites for hydroxylation is 1. The van der Waals surface area contributed by atoms with Gasteiger partial charge < -0.3 is 9.47 Å². The van der Waals surface area contributed by atoms with Crippen LogP contribution in [-0.4, -0.2) is 22.5 Å². The van der Waals surface area contributed by atoms with Crippen LogP contribution in [0.25, 0.3) is 0 Å². The Labute approximate surface area is 140 Å². The standard InChI is InChI=1S/C18H19N3O3/c1-3-13-14(9-19)18(22)21(20-15(13)4-2)10-12-11-23-16-7-5-6-8-17(16)24-12/h5-8,12H,3-4,10-11H2,1-2H3. The van der Waals surface area contributed by atoms with E-state index in [0.717, 1.165) is 11.3 Å². The summed E-state index contributed by atoms with van der Waals surface area (Å²) in [6.45, 7) is 4.48. The predicted molar refractivity (Wildman–Crippen MR) is 88.3 cm³/mol. The van der Waals surface area contributed by atoms with Crippen molar-refractivity contribution in [3.05, 3.63) is 51.4 Å². The summed E-state index contributed by atoms with van der Waals surface area (Å²) in [6.07, 6.45) is 0.961. The summed E-state index contributed by atoms with van der Waals surface area (Å²) in [6, 6.07) is 9.46. The van der Waals surface area contributed by atoms with Crippen LogP contribution in [0, 0.1) is 11.3 Å². The molecule has 24 heavy (non-hydrogen) atoms. The van der Waals surface area contributed by atoms with E-state index in [9.17, 15) is 10.1 Å². The highest BCUT2D eigenvalue weighted by Gasteiger charge is 2.23. The van der Waals surface area contributed by atoms with Gasteiger partial charge in [-0.1, -0.05) is 26.0 Å². The number of ether oxygens (including phenoxy) is 2. The quantitative estimate of drug-likeness (QED) is 0.860. The molecule has 6 heteroatoms. The van der Waals surface area contributed by atoms with E-state index in [-0.39, 0.29) is 23.8 Å². The maximum atomic E-state index is 12.5. The zero-order valence-corrected chi connectivity index (χ0v) is 13.8. The molecule has 0 bridgehead atoms. The summed E-state index contributed by atoms with van der Waals surface area (Å²) < 4.78 is 12.9. The van der Waals surface area contributed by atoms with Crippen molar-refractivity contribution in [3.8, 4) is 17.6 Å². The van der Waals surface area contributed by atoms with Crippen LogP contribution in [0.4, 0.5) is 0 Å². The third-order valence-electron chi connectivity index (χ3n) is 4.08. The van der Waals surface area contributed by atoms with Gasteiger partial charge in [0.05, 0.1) is 12.2 Å². The Morgan fingerprint density at radius 1 is 1.29 bits per heavy atom. The van der Waals surface area contributed by atoms with Crippen molar-refractivity contribution in [1.82, 2.24) is 9.78 Å². The van der Waals surface area contributed by atoms with Crippen molar-refractivity contribution in [2.45, 2.75) is 39.3 Å². The Bertz CT molecular complexity index is 852. The molecule has 0 spiro atoms. The molecule has 1 aromatic heterocycles. The van der Waals surface area contributed by atoms with Crippen molar-refractivity contribution in [1.29, 1.82) is 5.26 Å². The first-order valence-corrected chi connectivity index (χ1v) is 8.09. The molecule has 1 aliphatic rings. The van der Waals surface area contributed by atoms with E-state index >= 15 is 0 Å². The normalized spacial score (nSPS) is 15.8. The number of nitriles is 1. The molecule has 6 nitrogen and oxygen atoms in total. The molecule has 1 aromatic carbocycles. The van der Waals surface area contributed by atoms with Gasteiger partial charge in [-0.15, -0.1) is 0 Å². The number of aromatic nitrogens is 2. The van der Waals surface area contributed by atoms with Gasteiger partial charge in [-0.3, -0.25) is 4.79 Å². The molecule has 0 fully saturated rings. The largest absolute Gasteiger partial charge is 0.486 e. The van der Waals surface area contributed by atoms with Gasteiger partial charge in [-0.25, -0.2) is 4.68 Å². The number of fused-ring (bicyclic) bond motifs is 1. The Morgan fingerprint density at radius 2 is 2.04 bits per heavy atom. The fourth-order valence-corrected chi connectivity index (χ4v) is 2.90. The second kappa shape index (κ2) is 6.75. The SMILES string of the molecule is CCc1nn(CC2COc3ccccc3O2)c(=O)c(C#N)c1CC. The van der Waals surface area contributed by atoms with Crippen LogP contribution in [0.1, 0.15) is 30.7 Å². The summed E-state index contributed by atoms with van der Waals surface area (Å²) in [4.78, 5) is 12.5. The summed E-state index contributed by atoms with van der Waals surface area (Å²) in [7, 11) is 0. The zero-order valence-electron chi connectivity index (χ0n) is 13.8. The number of hydrogen-bond acceptors (Lipinski definition) is 5. The molecule has 0 aliphatic carbocycles. The van der Waals surface area contributed by atoms with Crippen LogP contribution in [-0.2, 0) is 19.4 Å². The lowest BCUT2D eigenvalue weighted by Gasteiger charge is -2.26. The van der Waals surface area contributed by atoms with Gasteiger partial charge in [0.1, 0.15) is 18.2 Å². The fraction of sp³-hybridized carbons (Fsp3) is 0.389. The topological polar surface area (TPSA) is 77.1 Å². The van der Waals surface area contributed by atoms with E-state index in [0.29, 0.717) is 30.9 Å². The summed E-state index contributed by atoms with van der Waals surface area (Å²) in [5, 5.41) is 13.8. The minimum Gasteiger partial charge on any atom is -0.486 e. The van der Waals surface area contributed by atoms with E-state index in [2.05, 4.69) is 5.10 Å². The van der Waals surface area contributed by atoms with Gasteiger partial charge in [0.15, 0.2) is 17.6 Å². The van der Waals surface area contributed by atoms with Gasteiger partial charge in [0.25, 0.3) is 5.56 Å². The molecule has 0 radical (unpaired) electrons. The molecular formula is C18H19N3O3. The first-order valence-electron chi connectivity index (χ1n) is 8.09. The van der Waals surface area contributed by atoms with Crippen LogP contribution >= 0.6 is 0 Å². The minimum atomic E-state index is -0.367.